The smallest absolute Gasteiger partial charge is 0.0992 e. The fourth-order valence-corrected chi connectivity index (χ4v) is 2.07. The van der Waals surface area contributed by atoms with E-state index in [1.54, 1.807) is 0 Å². The van der Waals surface area contributed by atoms with Crippen LogP contribution in [-0.4, -0.2) is 31.1 Å². The van der Waals surface area contributed by atoms with E-state index in [4.69, 9.17) is 5.26 Å². The molecule has 0 heterocycles. The second-order valence-electron chi connectivity index (χ2n) is 4.70. The third-order valence-electron chi connectivity index (χ3n) is 2.93. The van der Waals surface area contributed by atoms with Crippen LogP contribution in [0.25, 0.3) is 0 Å². The van der Waals surface area contributed by atoms with Gasteiger partial charge < -0.3 is 10.2 Å². The number of nitrogens with one attached hydrogen (secondary N) is 1. The number of halogens is 1. The van der Waals surface area contributed by atoms with Gasteiger partial charge in [-0.1, -0.05) is 15.9 Å². The van der Waals surface area contributed by atoms with Crippen LogP contribution in [0.15, 0.2) is 22.7 Å². The molecule has 0 saturated carbocycles. The molecule has 0 radical (unpaired) electrons. The molecule has 0 saturated heterocycles. The van der Waals surface area contributed by atoms with Gasteiger partial charge in [0.05, 0.1) is 11.6 Å². The van der Waals surface area contributed by atoms with Crippen LogP contribution >= 0.6 is 15.9 Å². The van der Waals surface area contributed by atoms with Crippen molar-refractivity contribution in [1.82, 2.24) is 4.90 Å². The molecule has 0 aromatic heterocycles. The highest BCUT2D eigenvalue weighted by atomic mass is 79.9. The van der Waals surface area contributed by atoms with E-state index in [-0.39, 0.29) is 0 Å². The normalized spacial score (nSPS) is 10.7. The predicted octanol–water partition coefficient (Wildman–Crippen LogP) is 3.46. The van der Waals surface area contributed by atoms with Gasteiger partial charge >= 0.3 is 0 Å². The van der Waals surface area contributed by atoms with Crippen molar-refractivity contribution in [2.75, 3.05) is 25.5 Å². The first-order chi connectivity index (χ1) is 8.52. The molecule has 4 heteroatoms. The first-order valence-electron chi connectivity index (χ1n) is 6.17. The Labute approximate surface area is 118 Å². The number of benzene rings is 1. The summed E-state index contributed by atoms with van der Waals surface area (Å²) >= 11 is 3.41. The van der Waals surface area contributed by atoms with E-state index in [2.05, 4.69) is 53.1 Å². The Morgan fingerprint density at radius 3 is 2.72 bits per heavy atom. The fraction of sp³-hybridized carbons (Fsp3) is 0.500. The van der Waals surface area contributed by atoms with Crippen LogP contribution in [0, 0.1) is 11.3 Å². The zero-order valence-corrected chi connectivity index (χ0v) is 12.8. The van der Waals surface area contributed by atoms with E-state index >= 15 is 0 Å². The SMILES string of the molecule is CC(C)N(C)CCCNc1cc(Br)cc(C#N)c1. The summed E-state index contributed by atoms with van der Waals surface area (Å²) in [4.78, 5) is 2.32. The summed E-state index contributed by atoms with van der Waals surface area (Å²) in [5, 5.41) is 12.2. The summed E-state index contributed by atoms with van der Waals surface area (Å²) in [7, 11) is 2.14. The van der Waals surface area contributed by atoms with Crippen molar-refractivity contribution >= 4 is 21.6 Å². The van der Waals surface area contributed by atoms with E-state index in [0.29, 0.717) is 11.6 Å². The first kappa shape index (κ1) is 15.0. The second-order valence-corrected chi connectivity index (χ2v) is 5.61. The van der Waals surface area contributed by atoms with Crippen LogP contribution < -0.4 is 5.32 Å². The topological polar surface area (TPSA) is 39.1 Å². The van der Waals surface area contributed by atoms with Crippen molar-refractivity contribution in [2.45, 2.75) is 26.3 Å². The largest absolute Gasteiger partial charge is 0.385 e. The summed E-state index contributed by atoms with van der Waals surface area (Å²) in [6, 6.07) is 8.42. The summed E-state index contributed by atoms with van der Waals surface area (Å²) < 4.78 is 0.934. The van der Waals surface area contributed by atoms with E-state index in [1.807, 2.05) is 18.2 Å². The second kappa shape index (κ2) is 7.40. The number of nitrogens with zero attached hydrogens (tertiary/aromatic N) is 2. The molecule has 1 aromatic rings. The van der Waals surface area contributed by atoms with Gasteiger partial charge in [0, 0.05) is 22.7 Å². The predicted molar refractivity (Wildman–Crippen MR) is 79.7 cm³/mol. The zero-order chi connectivity index (χ0) is 13.5. The maximum absolute atomic E-state index is 8.89. The van der Waals surface area contributed by atoms with E-state index in [0.717, 1.165) is 29.7 Å². The van der Waals surface area contributed by atoms with E-state index in [1.165, 1.54) is 0 Å². The molecule has 1 aromatic carbocycles. The van der Waals surface area contributed by atoms with Gasteiger partial charge in [0.1, 0.15) is 0 Å². The molecule has 0 atom stereocenters. The first-order valence-corrected chi connectivity index (χ1v) is 6.97. The van der Waals surface area contributed by atoms with Gasteiger partial charge in [-0.15, -0.1) is 0 Å². The van der Waals surface area contributed by atoms with Gasteiger partial charge in [-0.2, -0.15) is 5.26 Å². The monoisotopic (exact) mass is 309 g/mol. The van der Waals surface area contributed by atoms with Crippen molar-refractivity contribution < 1.29 is 0 Å². The minimum atomic E-state index is 0.584. The lowest BCUT2D eigenvalue weighted by molar-refractivity contribution is 0.273. The lowest BCUT2D eigenvalue weighted by atomic mass is 10.2. The maximum atomic E-state index is 8.89. The zero-order valence-electron chi connectivity index (χ0n) is 11.2. The number of rotatable bonds is 6. The van der Waals surface area contributed by atoms with Crippen LogP contribution in [0.3, 0.4) is 0 Å². The lowest BCUT2D eigenvalue weighted by Crippen LogP contribution is -2.28. The molecular weight excluding hydrogens is 290 g/mol. The van der Waals surface area contributed by atoms with Crippen molar-refractivity contribution in [3.05, 3.63) is 28.2 Å². The van der Waals surface area contributed by atoms with Crippen molar-refractivity contribution in [3.8, 4) is 6.07 Å². The molecule has 3 nitrogen and oxygen atoms in total. The minimum Gasteiger partial charge on any atom is -0.385 e. The average molecular weight is 310 g/mol. The highest BCUT2D eigenvalue weighted by molar-refractivity contribution is 9.10. The number of hydrogen-bond donors (Lipinski definition) is 1. The summed E-state index contributed by atoms with van der Waals surface area (Å²) in [6.45, 7) is 6.38. The Hall–Kier alpha value is -1.05. The fourth-order valence-electron chi connectivity index (χ4n) is 1.58. The molecule has 1 rings (SSSR count). The van der Waals surface area contributed by atoms with Crippen molar-refractivity contribution in [1.29, 1.82) is 5.26 Å². The van der Waals surface area contributed by atoms with Crippen molar-refractivity contribution in [3.63, 3.8) is 0 Å². The molecule has 0 fully saturated rings. The standard InChI is InChI=1S/C14H20BrN3/c1-11(2)18(3)6-4-5-17-14-8-12(10-16)7-13(15)9-14/h7-9,11,17H,4-6H2,1-3H3. The summed E-state index contributed by atoms with van der Waals surface area (Å²) in [5.74, 6) is 0. The Kier molecular flexibility index (Phi) is 6.17. The van der Waals surface area contributed by atoms with Gasteiger partial charge in [-0.3, -0.25) is 0 Å². The summed E-state index contributed by atoms with van der Waals surface area (Å²) in [5.41, 5.74) is 1.67. The molecule has 0 aliphatic rings. The number of anilines is 1. The van der Waals surface area contributed by atoms with Gasteiger partial charge in [0.2, 0.25) is 0 Å². The highest BCUT2D eigenvalue weighted by Gasteiger charge is 2.02. The third-order valence-corrected chi connectivity index (χ3v) is 3.38. The van der Waals surface area contributed by atoms with Gasteiger partial charge in [-0.25, -0.2) is 0 Å². The lowest BCUT2D eigenvalue weighted by Gasteiger charge is -2.20. The Balaban J connectivity index is 2.40. The van der Waals surface area contributed by atoms with Crippen LogP contribution in [0.2, 0.25) is 0 Å². The average Bonchev–Trinajstić information content (AvgIpc) is 2.33. The van der Waals surface area contributed by atoms with Crippen LogP contribution in [0.1, 0.15) is 25.8 Å². The molecule has 0 spiro atoms. The highest BCUT2D eigenvalue weighted by Crippen LogP contribution is 2.19. The molecule has 1 N–H and O–H groups in total. The van der Waals surface area contributed by atoms with Crippen LogP contribution in [0.4, 0.5) is 5.69 Å². The number of hydrogen-bond acceptors (Lipinski definition) is 3. The summed E-state index contributed by atoms with van der Waals surface area (Å²) in [6.07, 6.45) is 1.09. The molecule has 98 valence electrons. The Morgan fingerprint density at radius 1 is 1.39 bits per heavy atom. The van der Waals surface area contributed by atoms with Crippen molar-refractivity contribution in [2.24, 2.45) is 0 Å². The molecular formula is C14H20BrN3. The molecule has 0 amide bonds. The van der Waals surface area contributed by atoms with E-state index < -0.39 is 0 Å². The molecule has 0 unspecified atom stereocenters. The quantitative estimate of drug-likeness (QED) is 0.818. The Morgan fingerprint density at radius 2 is 2.11 bits per heavy atom. The number of nitriles is 1. The van der Waals surface area contributed by atoms with Gasteiger partial charge in [0.25, 0.3) is 0 Å². The molecule has 0 bridgehead atoms. The van der Waals surface area contributed by atoms with E-state index in [9.17, 15) is 0 Å². The van der Waals surface area contributed by atoms with Gasteiger partial charge in [-0.05, 0) is 52.1 Å². The van der Waals surface area contributed by atoms with Crippen LogP contribution in [-0.2, 0) is 0 Å². The third kappa shape index (κ3) is 5.07. The maximum Gasteiger partial charge on any atom is 0.0992 e. The van der Waals surface area contributed by atoms with Crippen LogP contribution in [0.5, 0.6) is 0 Å². The Bertz CT molecular complexity index is 424. The molecule has 0 aliphatic carbocycles. The molecule has 0 aliphatic heterocycles. The molecule has 18 heavy (non-hydrogen) atoms. The minimum absolute atomic E-state index is 0.584. The van der Waals surface area contributed by atoms with Gasteiger partial charge in [0.15, 0.2) is 0 Å².